The first kappa shape index (κ1) is 21.1. The van der Waals surface area contributed by atoms with Crippen molar-refractivity contribution in [3.63, 3.8) is 0 Å². The third-order valence-electron chi connectivity index (χ3n) is 5.14. The van der Waals surface area contributed by atoms with E-state index in [1.54, 1.807) is 32.4 Å². The average Bonchev–Trinajstić information content (AvgIpc) is 3.14. The zero-order valence-electron chi connectivity index (χ0n) is 17.4. The summed E-state index contributed by atoms with van der Waals surface area (Å²) in [5.41, 5.74) is 0.511. The van der Waals surface area contributed by atoms with E-state index in [4.69, 9.17) is 14.2 Å². The molecule has 29 heavy (non-hydrogen) atoms. The number of hydrogen-bond donors (Lipinski definition) is 1. The van der Waals surface area contributed by atoms with Crippen molar-refractivity contribution in [2.45, 2.75) is 25.5 Å². The lowest BCUT2D eigenvalue weighted by Gasteiger charge is -2.32. The van der Waals surface area contributed by atoms with Crippen molar-refractivity contribution >= 4 is 5.91 Å². The lowest BCUT2D eigenvalue weighted by atomic mass is 10.1. The number of piperidine rings is 1. The molecule has 0 aliphatic carbocycles. The Morgan fingerprint density at radius 1 is 1.28 bits per heavy atom. The Kier molecular flexibility index (Phi) is 7.48. The summed E-state index contributed by atoms with van der Waals surface area (Å²) in [6, 6.07) is 5.30. The van der Waals surface area contributed by atoms with Crippen LogP contribution in [-0.4, -0.2) is 66.9 Å². The van der Waals surface area contributed by atoms with Crippen molar-refractivity contribution in [1.82, 2.24) is 19.8 Å². The summed E-state index contributed by atoms with van der Waals surface area (Å²) in [6.07, 6.45) is 5.64. The number of carbonyl (C=O) groups excluding carboxylic acids is 1. The maximum absolute atomic E-state index is 12.5. The monoisotopic (exact) mass is 402 g/mol. The van der Waals surface area contributed by atoms with Gasteiger partial charge in [-0.2, -0.15) is 0 Å². The smallest absolute Gasteiger partial charge is 0.255 e. The SMILES string of the molecule is COCCNC(=O)c1ccc(OC)cc1OC1CCN(Cc2nccn2C)CC1. The lowest BCUT2D eigenvalue weighted by Crippen LogP contribution is -2.38. The fourth-order valence-corrected chi connectivity index (χ4v) is 3.39. The van der Waals surface area contributed by atoms with Crippen LogP contribution >= 0.6 is 0 Å². The molecule has 3 rings (SSSR count). The van der Waals surface area contributed by atoms with Gasteiger partial charge >= 0.3 is 0 Å². The number of imidazole rings is 1. The number of nitrogens with one attached hydrogen (secondary N) is 1. The summed E-state index contributed by atoms with van der Waals surface area (Å²) in [5.74, 6) is 2.11. The molecule has 0 bridgehead atoms. The number of aromatic nitrogens is 2. The van der Waals surface area contributed by atoms with Crippen LogP contribution in [0.4, 0.5) is 0 Å². The van der Waals surface area contributed by atoms with Crippen molar-refractivity contribution in [2.75, 3.05) is 40.5 Å². The van der Waals surface area contributed by atoms with E-state index in [0.717, 1.165) is 38.3 Å². The van der Waals surface area contributed by atoms with E-state index in [2.05, 4.69) is 15.2 Å². The number of carbonyl (C=O) groups is 1. The first-order chi connectivity index (χ1) is 14.1. The Hall–Kier alpha value is -2.58. The fraction of sp³-hybridized carbons (Fsp3) is 0.524. The molecule has 0 saturated carbocycles. The van der Waals surface area contributed by atoms with E-state index in [1.807, 2.05) is 24.0 Å². The summed E-state index contributed by atoms with van der Waals surface area (Å²) < 4.78 is 18.6. The quantitative estimate of drug-likeness (QED) is 0.645. The number of likely N-dealkylation sites (tertiary alicyclic amines) is 1. The lowest BCUT2D eigenvalue weighted by molar-refractivity contribution is 0.0874. The predicted molar refractivity (Wildman–Crippen MR) is 109 cm³/mol. The molecular formula is C21H30N4O4. The van der Waals surface area contributed by atoms with Crippen molar-refractivity contribution in [3.05, 3.63) is 42.0 Å². The molecule has 8 nitrogen and oxygen atoms in total. The van der Waals surface area contributed by atoms with Crippen molar-refractivity contribution in [3.8, 4) is 11.5 Å². The molecule has 1 N–H and O–H groups in total. The largest absolute Gasteiger partial charge is 0.497 e. The van der Waals surface area contributed by atoms with E-state index in [-0.39, 0.29) is 12.0 Å². The third-order valence-corrected chi connectivity index (χ3v) is 5.14. The van der Waals surface area contributed by atoms with Crippen LogP contribution in [0.5, 0.6) is 11.5 Å². The minimum absolute atomic E-state index is 0.0604. The van der Waals surface area contributed by atoms with Gasteiger partial charge < -0.3 is 24.1 Å². The van der Waals surface area contributed by atoms with E-state index in [9.17, 15) is 4.79 Å². The molecule has 1 fully saturated rings. The molecule has 1 aromatic carbocycles. The van der Waals surface area contributed by atoms with Gasteiger partial charge in [0.05, 0.1) is 25.8 Å². The van der Waals surface area contributed by atoms with Crippen LogP contribution in [0.2, 0.25) is 0 Å². The molecule has 0 atom stereocenters. The Labute approximate surface area is 171 Å². The van der Waals surface area contributed by atoms with Gasteiger partial charge in [-0.05, 0) is 25.0 Å². The summed E-state index contributed by atoms with van der Waals surface area (Å²) >= 11 is 0. The minimum Gasteiger partial charge on any atom is -0.497 e. The highest BCUT2D eigenvalue weighted by Gasteiger charge is 2.23. The normalized spacial score (nSPS) is 15.3. The molecule has 1 aliphatic heterocycles. The molecule has 1 amide bonds. The number of methoxy groups -OCH3 is 2. The Morgan fingerprint density at radius 2 is 2.07 bits per heavy atom. The first-order valence-corrected chi connectivity index (χ1v) is 9.91. The van der Waals surface area contributed by atoms with Crippen LogP contribution in [0.25, 0.3) is 0 Å². The molecular weight excluding hydrogens is 372 g/mol. The molecule has 0 radical (unpaired) electrons. The van der Waals surface area contributed by atoms with Gasteiger partial charge in [-0.15, -0.1) is 0 Å². The van der Waals surface area contributed by atoms with Gasteiger partial charge in [-0.1, -0.05) is 0 Å². The molecule has 0 spiro atoms. The van der Waals surface area contributed by atoms with Crippen LogP contribution in [0.1, 0.15) is 29.0 Å². The zero-order chi connectivity index (χ0) is 20.6. The van der Waals surface area contributed by atoms with Gasteiger partial charge in [0.15, 0.2) is 0 Å². The number of ether oxygens (including phenoxy) is 3. The molecule has 158 valence electrons. The maximum atomic E-state index is 12.5. The molecule has 2 aromatic rings. The highest BCUT2D eigenvalue weighted by atomic mass is 16.5. The van der Waals surface area contributed by atoms with Crippen LogP contribution in [-0.2, 0) is 18.3 Å². The van der Waals surface area contributed by atoms with Gasteiger partial charge in [-0.25, -0.2) is 4.98 Å². The topological polar surface area (TPSA) is 77.9 Å². The molecule has 2 heterocycles. The second-order valence-electron chi connectivity index (χ2n) is 7.16. The minimum atomic E-state index is -0.174. The van der Waals surface area contributed by atoms with Gasteiger partial charge in [0.25, 0.3) is 5.91 Å². The maximum Gasteiger partial charge on any atom is 0.255 e. The van der Waals surface area contributed by atoms with Crippen LogP contribution in [0.15, 0.2) is 30.6 Å². The summed E-state index contributed by atoms with van der Waals surface area (Å²) in [7, 11) is 5.22. The van der Waals surface area contributed by atoms with Gasteiger partial charge in [0, 0.05) is 52.3 Å². The van der Waals surface area contributed by atoms with Crippen molar-refractivity contribution in [2.24, 2.45) is 7.05 Å². The number of benzene rings is 1. The average molecular weight is 402 g/mol. The van der Waals surface area contributed by atoms with E-state index in [1.165, 1.54) is 0 Å². The zero-order valence-corrected chi connectivity index (χ0v) is 17.4. The standard InChI is InChI=1S/C21H30N4O4/c1-24-12-8-22-20(24)15-25-10-6-16(7-11-25)29-19-14-17(28-3)4-5-18(19)21(26)23-9-13-27-2/h4-5,8,12,14,16H,6-7,9-11,13,15H2,1-3H3,(H,23,26). The Balaban J connectivity index is 1.60. The molecule has 8 heteroatoms. The number of amides is 1. The van der Waals surface area contributed by atoms with Crippen LogP contribution in [0, 0.1) is 0 Å². The van der Waals surface area contributed by atoms with Crippen LogP contribution in [0.3, 0.4) is 0 Å². The predicted octanol–water partition coefficient (Wildman–Crippen LogP) is 1.85. The van der Waals surface area contributed by atoms with Gasteiger partial charge in [-0.3, -0.25) is 9.69 Å². The Morgan fingerprint density at radius 3 is 2.72 bits per heavy atom. The number of hydrogen-bond acceptors (Lipinski definition) is 6. The highest BCUT2D eigenvalue weighted by Crippen LogP contribution is 2.28. The van der Waals surface area contributed by atoms with Crippen molar-refractivity contribution < 1.29 is 19.0 Å². The van der Waals surface area contributed by atoms with Gasteiger partial charge in [0.2, 0.25) is 0 Å². The molecule has 1 aliphatic rings. The van der Waals surface area contributed by atoms with E-state index < -0.39 is 0 Å². The van der Waals surface area contributed by atoms with E-state index in [0.29, 0.717) is 30.2 Å². The first-order valence-electron chi connectivity index (χ1n) is 9.91. The summed E-state index contributed by atoms with van der Waals surface area (Å²) in [4.78, 5) is 19.3. The van der Waals surface area contributed by atoms with Gasteiger partial charge in [0.1, 0.15) is 23.4 Å². The number of nitrogens with zero attached hydrogens (tertiary/aromatic N) is 3. The van der Waals surface area contributed by atoms with E-state index >= 15 is 0 Å². The summed E-state index contributed by atoms with van der Waals surface area (Å²) in [6.45, 7) is 3.61. The van der Waals surface area contributed by atoms with Crippen molar-refractivity contribution in [1.29, 1.82) is 0 Å². The second kappa shape index (κ2) is 10.3. The third kappa shape index (κ3) is 5.71. The number of rotatable bonds is 9. The summed E-state index contributed by atoms with van der Waals surface area (Å²) in [5, 5.41) is 2.85. The molecule has 0 unspecified atom stereocenters. The molecule has 1 saturated heterocycles. The Bertz CT molecular complexity index is 800. The number of aryl methyl sites for hydroxylation is 1. The second-order valence-corrected chi connectivity index (χ2v) is 7.16. The van der Waals surface area contributed by atoms with Crippen LogP contribution < -0.4 is 14.8 Å². The molecule has 1 aromatic heterocycles. The fourth-order valence-electron chi connectivity index (χ4n) is 3.39. The highest BCUT2D eigenvalue weighted by molar-refractivity contribution is 5.97.